The molecule has 0 radical (unpaired) electrons. The summed E-state index contributed by atoms with van der Waals surface area (Å²) in [6, 6.07) is 3.75. The topological polar surface area (TPSA) is 59.2 Å². The predicted molar refractivity (Wildman–Crippen MR) is 78.3 cm³/mol. The van der Waals surface area contributed by atoms with Gasteiger partial charge in [-0.1, -0.05) is 6.92 Å². The van der Waals surface area contributed by atoms with E-state index in [1.54, 1.807) is 11.1 Å². The van der Waals surface area contributed by atoms with E-state index in [-0.39, 0.29) is 5.91 Å². The van der Waals surface area contributed by atoms with E-state index in [1.807, 2.05) is 19.2 Å². The van der Waals surface area contributed by atoms with E-state index in [9.17, 15) is 4.79 Å². The average Bonchev–Trinajstić information content (AvgIpc) is 2.98. The van der Waals surface area contributed by atoms with Crippen LogP contribution in [0.2, 0.25) is 0 Å². The van der Waals surface area contributed by atoms with Crippen molar-refractivity contribution in [2.45, 2.75) is 13.3 Å². The zero-order chi connectivity index (χ0) is 13.6. The summed E-state index contributed by atoms with van der Waals surface area (Å²) in [6.45, 7) is 3.04. The Morgan fingerprint density at radius 2 is 2.37 bits per heavy atom. The van der Waals surface area contributed by atoms with E-state index in [1.165, 1.54) is 17.8 Å². The Balaban J connectivity index is 1.86. The highest BCUT2D eigenvalue weighted by molar-refractivity contribution is 7.21. The van der Waals surface area contributed by atoms with Crippen molar-refractivity contribution in [2.75, 3.05) is 19.3 Å². The third-order valence-corrected chi connectivity index (χ3v) is 4.95. The number of rotatable bonds is 3. The van der Waals surface area contributed by atoms with Gasteiger partial charge in [-0.25, -0.2) is 4.98 Å². The Hall–Kier alpha value is -1.62. The van der Waals surface area contributed by atoms with Crippen molar-refractivity contribution in [3.05, 3.63) is 23.2 Å². The van der Waals surface area contributed by atoms with E-state index < -0.39 is 0 Å². The molecule has 5 heteroatoms. The highest BCUT2D eigenvalue weighted by Crippen LogP contribution is 2.39. The van der Waals surface area contributed by atoms with Gasteiger partial charge in [0, 0.05) is 25.2 Å². The first-order valence-corrected chi connectivity index (χ1v) is 7.28. The standard InChI is InChI=1S/C14H17N3OS/c1-8-6-9(8)7-17(2)14(18)12-11(15)10-4-3-5-16-13(10)19-12/h3-5,8-9H,6-7,15H2,1-2H3. The van der Waals surface area contributed by atoms with Gasteiger partial charge in [0.2, 0.25) is 0 Å². The average molecular weight is 275 g/mol. The van der Waals surface area contributed by atoms with E-state index in [2.05, 4.69) is 11.9 Å². The molecule has 2 atom stereocenters. The maximum absolute atomic E-state index is 12.4. The zero-order valence-electron chi connectivity index (χ0n) is 11.1. The molecule has 19 heavy (non-hydrogen) atoms. The molecule has 0 saturated heterocycles. The van der Waals surface area contributed by atoms with Crippen molar-refractivity contribution in [1.82, 2.24) is 9.88 Å². The van der Waals surface area contributed by atoms with Gasteiger partial charge in [-0.2, -0.15) is 0 Å². The van der Waals surface area contributed by atoms with E-state index in [0.29, 0.717) is 16.5 Å². The lowest BCUT2D eigenvalue weighted by molar-refractivity contribution is 0.0793. The zero-order valence-corrected chi connectivity index (χ0v) is 11.9. The van der Waals surface area contributed by atoms with Crippen LogP contribution in [-0.4, -0.2) is 29.4 Å². The molecule has 1 fully saturated rings. The predicted octanol–water partition coefficient (Wildman–Crippen LogP) is 2.61. The van der Waals surface area contributed by atoms with Crippen LogP contribution in [0.1, 0.15) is 23.0 Å². The minimum absolute atomic E-state index is 0.0135. The molecule has 2 N–H and O–H groups in total. The molecule has 3 rings (SSSR count). The number of nitrogens with two attached hydrogens (primary N) is 1. The molecule has 1 saturated carbocycles. The number of aromatic nitrogens is 1. The second kappa shape index (κ2) is 4.49. The summed E-state index contributed by atoms with van der Waals surface area (Å²) in [6.07, 6.45) is 2.95. The van der Waals surface area contributed by atoms with Crippen LogP contribution < -0.4 is 5.73 Å². The Labute approximate surface area is 116 Å². The highest BCUT2D eigenvalue weighted by atomic mass is 32.1. The largest absolute Gasteiger partial charge is 0.397 e. The third kappa shape index (κ3) is 2.18. The van der Waals surface area contributed by atoms with Crippen LogP contribution in [0.4, 0.5) is 5.69 Å². The van der Waals surface area contributed by atoms with Gasteiger partial charge in [-0.15, -0.1) is 11.3 Å². The summed E-state index contributed by atoms with van der Waals surface area (Å²) in [5.74, 6) is 1.42. The number of amides is 1. The van der Waals surface area contributed by atoms with E-state index >= 15 is 0 Å². The summed E-state index contributed by atoms with van der Waals surface area (Å²) in [4.78, 5) is 19.9. The molecule has 2 unspecified atom stereocenters. The minimum atomic E-state index is 0.0135. The van der Waals surface area contributed by atoms with Crippen LogP contribution in [0.5, 0.6) is 0 Å². The van der Waals surface area contributed by atoms with E-state index in [0.717, 1.165) is 22.7 Å². The molecule has 100 valence electrons. The molecular formula is C14H17N3OS. The molecule has 2 heterocycles. The third-order valence-electron chi connectivity index (χ3n) is 3.83. The molecular weight excluding hydrogens is 258 g/mol. The Morgan fingerprint density at radius 1 is 1.63 bits per heavy atom. The van der Waals surface area contributed by atoms with Gasteiger partial charge in [-0.3, -0.25) is 4.79 Å². The molecule has 0 bridgehead atoms. The number of thiophene rings is 1. The smallest absolute Gasteiger partial charge is 0.265 e. The van der Waals surface area contributed by atoms with Crippen LogP contribution in [-0.2, 0) is 0 Å². The molecule has 1 aliphatic carbocycles. The first-order valence-electron chi connectivity index (χ1n) is 6.46. The lowest BCUT2D eigenvalue weighted by atomic mass is 10.2. The minimum Gasteiger partial charge on any atom is -0.397 e. The summed E-state index contributed by atoms with van der Waals surface area (Å²) >= 11 is 1.38. The Kier molecular flexibility index (Phi) is 2.93. The van der Waals surface area contributed by atoms with Gasteiger partial charge in [0.25, 0.3) is 5.91 Å². The number of nitrogen functional groups attached to an aromatic ring is 1. The number of fused-ring (bicyclic) bond motifs is 1. The van der Waals surface area contributed by atoms with Crippen molar-refractivity contribution >= 4 is 33.1 Å². The number of anilines is 1. The summed E-state index contributed by atoms with van der Waals surface area (Å²) < 4.78 is 0. The van der Waals surface area contributed by atoms with Gasteiger partial charge < -0.3 is 10.6 Å². The van der Waals surface area contributed by atoms with Gasteiger partial charge in [0.05, 0.1) is 5.69 Å². The van der Waals surface area contributed by atoms with Crippen LogP contribution in [0.25, 0.3) is 10.2 Å². The molecule has 0 aromatic carbocycles. The maximum Gasteiger partial charge on any atom is 0.265 e. The lowest BCUT2D eigenvalue weighted by Crippen LogP contribution is -2.28. The van der Waals surface area contributed by atoms with Crippen LogP contribution in [0, 0.1) is 11.8 Å². The number of hydrogen-bond donors (Lipinski definition) is 1. The number of hydrogen-bond acceptors (Lipinski definition) is 4. The Bertz CT molecular complexity index is 637. The normalized spacial score (nSPS) is 21.6. The molecule has 0 aliphatic heterocycles. The van der Waals surface area contributed by atoms with Crippen molar-refractivity contribution in [1.29, 1.82) is 0 Å². The molecule has 4 nitrogen and oxygen atoms in total. The van der Waals surface area contributed by atoms with Gasteiger partial charge in [0.15, 0.2) is 0 Å². The van der Waals surface area contributed by atoms with Crippen LogP contribution in [0.15, 0.2) is 18.3 Å². The molecule has 1 aliphatic rings. The number of nitrogens with zero attached hydrogens (tertiary/aromatic N) is 2. The van der Waals surface area contributed by atoms with Crippen LogP contribution >= 0.6 is 11.3 Å². The van der Waals surface area contributed by atoms with Gasteiger partial charge >= 0.3 is 0 Å². The molecule has 2 aromatic heterocycles. The molecule has 1 amide bonds. The lowest BCUT2D eigenvalue weighted by Gasteiger charge is -2.16. The molecule has 2 aromatic rings. The van der Waals surface area contributed by atoms with Gasteiger partial charge in [0.1, 0.15) is 9.71 Å². The quantitative estimate of drug-likeness (QED) is 0.936. The Morgan fingerprint density at radius 3 is 3.00 bits per heavy atom. The molecule has 0 spiro atoms. The first kappa shape index (κ1) is 12.4. The van der Waals surface area contributed by atoms with Crippen molar-refractivity contribution in [3.63, 3.8) is 0 Å². The summed E-state index contributed by atoms with van der Waals surface area (Å²) in [5.41, 5.74) is 6.64. The fourth-order valence-corrected chi connectivity index (χ4v) is 3.43. The second-order valence-electron chi connectivity index (χ2n) is 5.36. The second-order valence-corrected chi connectivity index (χ2v) is 6.36. The highest BCUT2D eigenvalue weighted by Gasteiger charge is 2.34. The maximum atomic E-state index is 12.4. The van der Waals surface area contributed by atoms with E-state index in [4.69, 9.17) is 5.73 Å². The van der Waals surface area contributed by atoms with Crippen molar-refractivity contribution in [2.24, 2.45) is 11.8 Å². The summed E-state index contributed by atoms with van der Waals surface area (Å²) in [5, 5.41) is 0.879. The summed E-state index contributed by atoms with van der Waals surface area (Å²) in [7, 11) is 1.85. The number of pyridine rings is 1. The van der Waals surface area contributed by atoms with Crippen molar-refractivity contribution in [3.8, 4) is 0 Å². The fourth-order valence-electron chi connectivity index (χ4n) is 2.37. The first-order chi connectivity index (χ1) is 9.08. The number of carbonyl (C=O) groups is 1. The SMILES string of the molecule is CC1CC1CN(C)C(=O)c1sc2ncccc2c1N. The monoisotopic (exact) mass is 275 g/mol. The van der Waals surface area contributed by atoms with Crippen LogP contribution in [0.3, 0.4) is 0 Å². The fraction of sp³-hybridized carbons (Fsp3) is 0.429. The van der Waals surface area contributed by atoms with Crippen molar-refractivity contribution < 1.29 is 4.79 Å². The van der Waals surface area contributed by atoms with Gasteiger partial charge in [-0.05, 0) is 30.4 Å². The number of carbonyl (C=O) groups excluding carboxylic acids is 1.